The first-order valence-corrected chi connectivity index (χ1v) is 6.85. The van der Waals surface area contributed by atoms with E-state index in [4.69, 9.17) is 0 Å². The van der Waals surface area contributed by atoms with Gasteiger partial charge in [0.25, 0.3) is 0 Å². The number of alkyl halides is 3. The standard InChI is InChI=1S/C14H11F3INO/c15-14(16,17)20-13-8-4-1-5-10(13)9-19-12-7-3-2-6-11(12)18/h1-8,19H,9H2. The molecule has 0 spiro atoms. The van der Waals surface area contributed by atoms with Crippen LogP contribution in [0.5, 0.6) is 5.75 Å². The van der Waals surface area contributed by atoms with Crippen molar-refractivity contribution in [2.24, 2.45) is 0 Å². The van der Waals surface area contributed by atoms with Crippen molar-refractivity contribution in [3.05, 3.63) is 57.7 Å². The van der Waals surface area contributed by atoms with Gasteiger partial charge in [-0.2, -0.15) is 0 Å². The van der Waals surface area contributed by atoms with Crippen LogP contribution in [0.3, 0.4) is 0 Å². The molecule has 0 bridgehead atoms. The molecule has 2 aromatic carbocycles. The number of hydrogen-bond donors (Lipinski definition) is 1. The molecule has 20 heavy (non-hydrogen) atoms. The molecule has 0 aliphatic carbocycles. The van der Waals surface area contributed by atoms with Gasteiger partial charge in [-0.3, -0.25) is 0 Å². The Kier molecular flexibility index (Phi) is 4.74. The molecule has 2 aromatic rings. The Labute approximate surface area is 128 Å². The maximum atomic E-state index is 12.3. The third-order valence-corrected chi connectivity index (χ3v) is 3.48. The summed E-state index contributed by atoms with van der Waals surface area (Å²) in [6.07, 6.45) is -4.68. The van der Waals surface area contributed by atoms with E-state index in [1.165, 1.54) is 12.1 Å². The minimum Gasteiger partial charge on any atom is -0.405 e. The van der Waals surface area contributed by atoms with Crippen molar-refractivity contribution in [1.29, 1.82) is 0 Å². The van der Waals surface area contributed by atoms with Gasteiger partial charge in [0.15, 0.2) is 0 Å². The first-order chi connectivity index (χ1) is 9.46. The second-order valence-electron chi connectivity index (χ2n) is 3.99. The summed E-state index contributed by atoms with van der Waals surface area (Å²) in [5.41, 5.74) is 1.32. The van der Waals surface area contributed by atoms with Crippen molar-refractivity contribution in [2.45, 2.75) is 12.9 Å². The van der Waals surface area contributed by atoms with Gasteiger partial charge in [-0.25, -0.2) is 0 Å². The molecule has 0 aliphatic rings. The van der Waals surface area contributed by atoms with E-state index in [0.29, 0.717) is 5.56 Å². The van der Waals surface area contributed by atoms with Crippen LogP contribution in [0.4, 0.5) is 18.9 Å². The lowest BCUT2D eigenvalue weighted by atomic mass is 10.2. The molecule has 2 nitrogen and oxygen atoms in total. The fourth-order valence-corrected chi connectivity index (χ4v) is 2.25. The van der Waals surface area contributed by atoms with Crippen LogP contribution in [0.15, 0.2) is 48.5 Å². The average Bonchev–Trinajstić information content (AvgIpc) is 2.37. The van der Waals surface area contributed by atoms with E-state index >= 15 is 0 Å². The molecular weight excluding hydrogens is 382 g/mol. The lowest BCUT2D eigenvalue weighted by Crippen LogP contribution is -2.18. The quantitative estimate of drug-likeness (QED) is 0.754. The van der Waals surface area contributed by atoms with E-state index in [-0.39, 0.29) is 12.3 Å². The van der Waals surface area contributed by atoms with E-state index in [0.717, 1.165) is 9.26 Å². The minimum absolute atomic E-state index is 0.182. The molecule has 0 aliphatic heterocycles. The monoisotopic (exact) mass is 393 g/mol. The summed E-state index contributed by atoms with van der Waals surface area (Å²) in [5, 5.41) is 3.10. The molecule has 106 valence electrons. The topological polar surface area (TPSA) is 21.3 Å². The normalized spacial score (nSPS) is 11.2. The molecular formula is C14H11F3INO. The molecule has 2 rings (SSSR count). The fraction of sp³-hybridized carbons (Fsp3) is 0.143. The Bertz CT molecular complexity index is 587. The highest BCUT2D eigenvalue weighted by Crippen LogP contribution is 2.27. The SMILES string of the molecule is FC(F)(F)Oc1ccccc1CNc1ccccc1I. The van der Waals surface area contributed by atoms with Gasteiger partial charge in [0.05, 0.1) is 0 Å². The van der Waals surface area contributed by atoms with Gasteiger partial charge in [-0.05, 0) is 40.8 Å². The highest BCUT2D eigenvalue weighted by molar-refractivity contribution is 14.1. The second kappa shape index (κ2) is 6.34. The van der Waals surface area contributed by atoms with Crippen LogP contribution in [0.2, 0.25) is 0 Å². The lowest BCUT2D eigenvalue weighted by Gasteiger charge is -2.14. The van der Waals surface area contributed by atoms with Gasteiger partial charge in [0.2, 0.25) is 0 Å². The average molecular weight is 393 g/mol. The fourth-order valence-electron chi connectivity index (χ4n) is 1.67. The van der Waals surface area contributed by atoms with Crippen molar-refractivity contribution in [2.75, 3.05) is 5.32 Å². The third-order valence-electron chi connectivity index (χ3n) is 2.54. The number of halogens is 4. The van der Waals surface area contributed by atoms with Crippen molar-refractivity contribution in [3.63, 3.8) is 0 Å². The number of hydrogen-bond acceptors (Lipinski definition) is 2. The smallest absolute Gasteiger partial charge is 0.405 e. The molecule has 0 atom stereocenters. The van der Waals surface area contributed by atoms with Crippen LogP contribution < -0.4 is 10.1 Å². The second-order valence-corrected chi connectivity index (χ2v) is 5.15. The van der Waals surface area contributed by atoms with Crippen molar-refractivity contribution in [3.8, 4) is 5.75 Å². The molecule has 0 amide bonds. The summed E-state index contributed by atoms with van der Waals surface area (Å²) >= 11 is 2.16. The minimum atomic E-state index is -4.68. The molecule has 0 saturated carbocycles. The lowest BCUT2D eigenvalue weighted by molar-refractivity contribution is -0.274. The zero-order chi connectivity index (χ0) is 14.6. The highest BCUT2D eigenvalue weighted by atomic mass is 127. The predicted octanol–water partition coefficient (Wildman–Crippen LogP) is 4.80. The molecule has 0 heterocycles. The van der Waals surface area contributed by atoms with Crippen LogP contribution in [0.25, 0.3) is 0 Å². The summed E-state index contributed by atoms with van der Waals surface area (Å²) in [5.74, 6) is -0.182. The predicted molar refractivity (Wildman–Crippen MR) is 79.6 cm³/mol. The van der Waals surface area contributed by atoms with Crippen LogP contribution in [-0.4, -0.2) is 6.36 Å². The number of benzene rings is 2. The van der Waals surface area contributed by atoms with Crippen LogP contribution in [0, 0.1) is 3.57 Å². The maximum absolute atomic E-state index is 12.3. The zero-order valence-electron chi connectivity index (χ0n) is 10.2. The first kappa shape index (κ1) is 15.0. The van der Waals surface area contributed by atoms with Gasteiger partial charge in [-0.15, -0.1) is 13.2 Å². The molecule has 1 N–H and O–H groups in total. The van der Waals surface area contributed by atoms with E-state index < -0.39 is 6.36 Å². The van der Waals surface area contributed by atoms with E-state index in [2.05, 4.69) is 32.6 Å². The summed E-state index contributed by atoms with van der Waals surface area (Å²) in [6, 6.07) is 13.6. The molecule has 0 fully saturated rings. The number of nitrogens with one attached hydrogen (secondary N) is 1. The number of ether oxygens (including phenoxy) is 1. The Morgan fingerprint density at radius 2 is 1.65 bits per heavy atom. The van der Waals surface area contributed by atoms with Crippen molar-refractivity contribution < 1.29 is 17.9 Å². The van der Waals surface area contributed by atoms with Gasteiger partial charge < -0.3 is 10.1 Å². The molecule has 0 unspecified atom stereocenters. The van der Waals surface area contributed by atoms with Crippen LogP contribution >= 0.6 is 22.6 Å². The van der Waals surface area contributed by atoms with E-state index in [1.54, 1.807) is 12.1 Å². The maximum Gasteiger partial charge on any atom is 0.573 e. The third kappa shape index (κ3) is 4.29. The first-order valence-electron chi connectivity index (χ1n) is 5.78. The Morgan fingerprint density at radius 3 is 2.35 bits per heavy atom. The summed E-state index contributed by atoms with van der Waals surface area (Å²) in [7, 11) is 0. The highest BCUT2D eigenvalue weighted by Gasteiger charge is 2.31. The van der Waals surface area contributed by atoms with Crippen molar-refractivity contribution >= 4 is 28.3 Å². The largest absolute Gasteiger partial charge is 0.573 e. The van der Waals surface area contributed by atoms with Crippen LogP contribution in [0.1, 0.15) is 5.56 Å². The van der Waals surface area contributed by atoms with Gasteiger partial charge in [0.1, 0.15) is 5.75 Å². The summed E-state index contributed by atoms with van der Waals surface area (Å²) in [4.78, 5) is 0. The number of para-hydroxylation sites is 2. The number of anilines is 1. The Morgan fingerprint density at radius 1 is 1.00 bits per heavy atom. The van der Waals surface area contributed by atoms with Gasteiger partial charge in [-0.1, -0.05) is 30.3 Å². The summed E-state index contributed by atoms with van der Waals surface area (Å²) in [6.45, 7) is 0.256. The Hall–Kier alpha value is -1.44. The molecule has 6 heteroatoms. The summed E-state index contributed by atoms with van der Waals surface area (Å²) < 4.78 is 41.9. The van der Waals surface area contributed by atoms with Gasteiger partial charge >= 0.3 is 6.36 Å². The molecule has 0 radical (unpaired) electrons. The molecule has 0 saturated heterocycles. The zero-order valence-corrected chi connectivity index (χ0v) is 12.4. The number of rotatable bonds is 4. The van der Waals surface area contributed by atoms with Crippen molar-refractivity contribution in [1.82, 2.24) is 0 Å². The molecule has 0 aromatic heterocycles. The Balaban J connectivity index is 2.12. The van der Waals surface area contributed by atoms with Gasteiger partial charge in [0, 0.05) is 21.4 Å². The van der Waals surface area contributed by atoms with E-state index in [1.807, 2.05) is 24.3 Å². The van der Waals surface area contributed by atoms with Crippen LogP contribution in [-0.2, 0) is 6.54 Å². The van der Waals surface area contributed by atoms with E-state index in [9.17, 15) is 13.2 Å².